The Morgan fingerprint density at radius 1 is 1.60 bits per heavy atom. The molecule has 6 heteroatoms. The standard InChI is InChI=1S/C4H9NO.H4NO2P/c1-2-3-4(5)6;1-4(2)3/h2-3H2,1H3,(H2,5,6);2-3H,1H2. The largest absolute Gasteiger partial charge is 0.370 e. The van der Waals surface area contributed by atoms with Gasteiger partial charge in [-0.2, -0.15) is 0 Å². The van der Waals surface area contributed by atoms with Gasteiger partial charge in [-0.3, -0.25) is 10.3 Å². The molecule has 0 aromatic rings. The van der Waals surface area contributed by atoms with Gasteiger partial charge in [0.15, 0.2) is 0 Å². The third-order valence-electron chi connectivity index (χ3n) is 0.496. The highest BCUT2D eigenvalue weighted by Crippen LogP contribution is 2.05. The molecule has 0 saturated carbocycles. The Kier molecular flexibility index (Phi) is 10.9. The average molecular weight is 168 g/mol. The highest BCUT2D eigenvalue weighted by atomic mass is 31.2. The lowest BCUT2D eigenvalue weighted by atomic mass is 10.3. The van der Waals surface area contributed by atoms with Crippen LogP contribution >= 0.6 is 8.53 Å². The van der Waals surface area contributed by atoms with Crippen LogP contribution in [0.1, 0.15) is 19.8 Å². The second-order valence-corrected chi connectivity index (χ2v) is 2.18. The summed E-state index contributed by atoms with van der Waals surface area (Å²) in [6, 6.07) is 0. The molecule has 0 bridgehead atoms. The predicted octanol–water partition coefficient (Wildman–Crippen LogP) is -0.572. The van der Waals surface area contributed by atoms with Crippen LogP contribution in [0.25, 0.3) is 0 Å². The second-order valence-electron chi connectivity index (χ2n) is 1.54. The van der Waals surface area contributed by atoms with Gasteiger partial charge < -0.3 is 15.5 Å². The third-order valence-corrected chi connectivity index (χ3v) is 0.496. The first-order valence-electron chi connectivity index (χ1n) is 2.71. The van der Waals surface area contributed by atoms with Gasteiger partial charge in [0.05, 0.1) is 0 Å². The smallest absolute Gasteiger partial charge is 0.247 e. The molecule has 1 amide bonds. The summed E-state index contributed by atoms with van der Waals surface area (Å²) >= 11 is 0. The number of primary amides is 1. The summed E-state index contributed by atoms with van der Waals surface area (Å²) in [5, 5.41) is 0. The molecule has 0 atom stereocenters. The SMILES string of the molecule is CCCC(N)=O.NP(O)O. The van der Waals surface area contributed by atoms with E-state index in [0.717, 1.165) is 6.42 Å². The highest BCUT2D eigenvalue weighted by molar-refractivity contribution is 7.42. The van der Waals surface area contributed by atoms with Crippen LogP contribution < -0.4 is 11.2 Å². The van der Waals surface area contributed by atoms with Crippen molar-refractivity contribution in [1.82, 2.24) is 0 Å². The molecule has 0 aromatic carbocycles. The van der Waals surface area contributed by atoms with Crippen molar-refractivity contribution in [2.45, 2.75) is 19.8 Å². The zero-order valence-corrected chi connectivity index (χ0v) is 6.71. The molecule has 10 heavy (non-hydrogen) atoms. The Bertz CT molecular complexity index is 85.8. The van der Waals surface area contributed by atoms with Gasteiger partial charge in [0.25, 0.3) is 0 Å². The normalized spacial score (nSPS) is 8.50. The van der Waals surface area contributed by atoms with Crippen LogP contribution in [-0.2, 0) is 4.79 Å². The molecule has 0 aliphatic heterocycles. The average Bonchev–Trinajstić information content (AvgIpc) is 1.62. The van der Waals surface area contributed by atoms with Crippen molar-refractivity contribution in [3.63, 3.8) is 0 Å². The van der Waals surface area contributed by atoms with Gasteiger partial charge in [-0.05, 0) is 6.42 Å². The van der Waals surface area contributed by atoms with Gasteiger partial charge in [0.2, 0.25) is 14.4 Å². The summed E-state index contributed by atoms with van der Waals surface area (Å²) in [6.07, 6.45) is 1.37. The van der Waals surface area contributed by atoms with E-state index in [1.165, 1.54) is 0 Å². The maximum Gasteiger partial charge on any atom is 0.247 e. The van der Waals surface area contributed by atoms with Crippen molar-refractivity contribution in [3.05, 3.63) is 0 Å². The zero-order valence-electron chi connectivity index (χ0n) is 5.82. The van der Waals surface area contributed by atoms with E-state index < -0.39 is 8.53 Å². The molecule has 0 spiro atoms. The van der Waals surface area contributed by atoms with Crippen LogP contribution in [0.2, 0.25) is 0 Å². The minimum absolute atomic E-state index is 0.211. The molecule has 6 N–H and O–H groups in total. The van der Waals surface area contributed by atoms with E-state index in [2.05, 4.69) is 5.50 Å². The Morgan fingerprint density at radius 3 is 1.90 bits per heavy atom. The third kappa shape index (κ3) is 46.3. The van der Waals surface area contributed by atoms with Gasteiger partial charge in [-0.25, -0.2) is 0 Å². The molecule has 0 fully saturated rings. The number of amides is 1. The fourth-order valence-electron chi connectivity index (χ4n) is 0.246. The van der Waals surface area contributed by atoms with Crippen molar-refractivity contribution in [2.24, 2.45) is 11.2 Å². The minimum Gasteiger partial charge on any atom is -0.370 e. The molecule has 5 nitrogen and oxygen atoms in total. The Hall–Kier alpha value is -0.220. The van der Waals surface area contributed by atoms with E-state index in [1.807, 2.05) is 6.92 Å². The fraction of sp³-hybridized carbons (Fsp3) is 0.750. The van der Waals surface area contributed by atoms with E-state index in [-0.39, 0.29) is 5.91 Å². The van der Waals surface area contributed by atoms with Crippen LogP contribution in [-0.4, -0.2) is 15.7 Å². The molecule has 0 unspecified atom stereocenters. The Morgan fingerprint density at radius 2 is 1.90 bits per heavy atom. The minimum atomic E-state index is -2.12. The molecular formula is C4H13N2O3P. The van der Waals surface area contributed by atoms with Crippen molar-refractivity contribution in [1.29, 1.82) is 0 Å². The predicted molar refractivity (Wildman–Crippen MR) is 39.6 cm³/mol. The molecule has 0 saturated heterocycles. The molecule has 0 aliphatic rings. The summed E-state index contributed by atoms with van der Waals surface area (Å²) in [6.45, 7) is 1.92. The molecule has 62 valence electrons. The summed E-state index contributed by atoms with van der Waals surface area (Å²) in [5.41, 5.74) is 9.05. The maximum atomic E-state index is 9.82. The van der Waals surface area contributed by atoms with Crippen molar-refractivity contribution >= 4 is 14.4 Å². The van der Waals surface area contributed by atoms with Gasteiger partial charge in [0, 0.05) is 6.42 Å². The first-order chi connectivity index (χ1) is 4.50. The van der Waals surface area contributed by atoms with Crippen LogP contribution in [0.5, 0.6) is 0 Å². The first kappa shape index (κ1) is 12.5. The van der Waals surface area contributed by atoms with Gasteiger partial charge in [0.1, 0.15) is 0 Å². The molecule has 0 heterocycles. The van der Waals surface area contributed by atoms with E-state index >= 15 is 0 Å². The van der Waals surface area contributed by atoms with Crippen LogP contribution in [0, 0.1) is 0 Å². The van der Waals surface area contributed by atoms with Crippen LogP contribution in [0.3, 0.4) is 0 Å². The van der Waals surface area contributed by atoms with Crippen molar-refractivity contribution in [3.8, 4) is 0 Å². The monoisotopic (exact) mass is 168 g/mol. The molecule has 0 aliphatic carbocycles. The summed E-state index contributed by atoms with van der Waals surface area (Å²) in [7, 11) is -2.12. The molecule has 0 radical (unpaired) electrons. The van der Waals surface area contributed by atoms with E-state index in [1.54, 1.807) is 0 Å². The van der Waals surface area contributed by atoms with Gasteiger partial charge >= 0.3 is 0 Å². The first-order valence-corrected chi connectivity index (χ1v) is 4.03. The number of nitrogens with two attached hydrogens (primary N) is 2. The summed E-state index contributed by atoms with van der Waals surface area (Å²) in [5.74, 6) is -0.211. The van der Waals surface area contributed by atoms with Gasteiger partial charge in [-0.15, -0.1) is 0 Å². The lowest BCUT2D eigenvalue weighted by Gasteiger charge is -1.81. The van der Waals surface area contributed by atoms with E-state index in [0.29, 0.717) is 6.42 Å². The van der Waals surface area contributed by atoms with Crippen LogP contribution in [0.15, 0.2) is 0 Å². The fourth-order valence-corrected chi connectivity index (χ4v) is 0.246. The number of carbonyl (C=O) groups excluding carboxylic acids is 1. The quantitative estimate of drug-likeness (QED) is 0.414. The summed E-state index contributed by atoms with van der Waals surface area (Å²) in [4.78, 5) is 24.7. The van der Waals surface area contributed by atoms with E-state index in [4.69, 9.17) is 15.5 Å². The molecular weight excluding hydrogens is 155 g/mol. The topological polar surface area (TPSA) is 110 Å². The summed E-state index contributed by atoms with van der Waals surface area (Å²) < 4.78 is 0. The van der Waals surface area contributed by atoms with Crippen molar-refractivity contribution < 1.29 is 14.6 Å². The van der Waals surface area contributed by atoms with E-state index in [9.17, 15) is 4.79 Å². The number of hydrogen-bond donors (Lipinski definition) is 4. The van der Waals surface area contributed by atoms with Crippen LogP contribution in [0.4, 0.5) is 0 Å². The Balaban J connectivity index is 0. The molecule has 0 rings (SSSR count). The zero-order chi connectivity index (χ0) is 8.57. The number of rotatable bonds is 2. The highest BCUT2D eigenvalue weighted by Gasteiger charge is 1.84. The number of hydrogen-bond acceptors (Lipinski definition) is 4. The lowest BCUT2D eigenvalue weighted by Crippen LogP contribution is -2.08. The lowest BCUT2D eigenvalue weighted by molar-refractivity contribution is -0.118. The molecule has 0 aromatic heterocycles. The number of carbonyl (C=O) groups is 1. The Labute approximate surface area is 61.0 Å². The van der Waals surface area contributed by atoms with Gasteiger partial charge in [-0.1, -0.05) is 6.92 Å². The van der Waals surface area contributed by atoms with Crippen molar-refractivity contribution in [2.75, 3.05) is 0 Å². The maximum absolute atomic E-state index is 9.82. The second kappa shape index (κ2) is 8.78.